The Kier molecular flexibility index (Phi) is 4.71. The van der Waals surface area contributed by atoms with Crippen LogP contribution in [0.1, 0.15) is 22.6 Å². The lowest BCUT2D eigenvalue weighted by Gasteiger charge is -2.06. The quantitative estimate of drug-likeness (QED) is 0.842. The van der Waals surface area contributed by atoms with Crippen molar-refractivity contribution in [1.82, 2.24) is 9.97 Å². The number of methoxy groups -OCH3 is 1. The Labute approximate surface area is 125 Å². The molecule has 2 rings (SSSR count). The number of H-pyrrole nitrogens is 1. The molecule has 0 bridgehead atoms. The van der Waals surface area contributed by atoms with E-state index in [1.165, 1.54) is 5.56 Å². The minimum absolute atomic E-state index is 0.106. The molecule has 0 radical (unpaired) electrons. The second-order valence-electron chi connectivity index (χ2n) is 4.37. The molecule has 0 fully saturated rings. The number of aromatic amines is 1. The van der Waals surface area contributed by atoms with Gasteiger partial charge in [0.2, 0.25) is 0 Å². The molecule has 0 saturated carbocycles. The van der Waals surface area contributed by atoms with Crippen LogP contribution in [0.15, 0.2) is 29.1 Å². The zero-order valence-electron chi connectivity index (χ0n) is 10.9. The number of aromatic nitrogens is 2. The molecule has 1 heterocycles. The molecule has 1 aromatic heterocycles. The van der Waals surface area contributed by atoms with Crippen LogP contribution >= 0.6 is 22.6 Å². The Morgan fingerprint density at radius 3 is 2.89 bits per heavy atom. The number of hydrogen-bond donors (Lipinski definition) is 1. The van der Waals surface area contributed by atoms with Crippen molar-refractivity contribution in [3.63, 3.8) is 0 Å². The SMILES string of the molecule is COCc1nc(Cc2cccc(C)c2)[nH]c(=O)c1I. The summed E-state index contributed by atoms with van der Waals surface area (Å²) in [6.45, 7) is 2.40. The molecule has 0 atom stereocenters. The van der Waals surface area contributed by atoms with Gasteiger partial charge in [-0.1, -0.05) is 29.8 Å². The van der Waals surface area contributed by atoms with Crippen LogP contribution in [0, 0.1) is 10.5 Å². The smallest absolute Gasteiger partial charge is 0.264 e. The van der Waals surface area contributed by atoms with Gasteiger partial charge in [0, 0.05) is 13.5 Å². The van der Waals surface area contributed by atoms with Crippen LogP contribution in [-0.4, -0.2) is 17.1 Å². The van der Waals surface area contributed by atoms with Gasteiger partial charge < -0.3 is 9.72 Å². The fraction of sp³-hybridized carbons (Fsp3) is 0.286. The third kappa shape index (κ3) is 3.63. The maximum Gasteiger partial charge on any atom is 0.264 e. The Morgan fingerprint density at radius 2 is 2.21 bits per heavy atom. The van der Waals surface area contributed by atoms with Crippen molar-refractivity contribution in [2.75, 3.05) is 7.11 Å². The minimum atomic E-state index is -0.106. The van der Waals surface area contributed by atoms with Gasteiger partial charge in [0.1, 0.15) is 9.39 Å². The first-order valence-electron chi connectivity index (χ1n) is 5.92. The number of halogens is 1. The molecule has 0 aliphatic rings. The Balaban J connectivity index is 2.33. The highest BCUT2D eigenvalue weighted by molar-refractivity contribution is 14.1. The zero-order chi connectivity index (χ0) is 13.8. The van der Waals surface area contributed by atoms with E-state index in [9.17, 15) is 4.79 Å². The third-order valence-corrected chi connectivity index (χ3v) is 3.83. The summed E-state index contributed by atoms with van der Waals surface area (Å²) in [5.41, 5.74) is 2.91. The van der Waals surface area contributed by atoms with E-state index in [1.807, 2.05) is 47.7 Å². The van der Waals surface area contributed by atoms with Gasteiger partial charge in [-0.05, 0) is 35.1 Å². The summed E-state index contributed by atoms with van der Waals surface area (Å²) in [5.74, 6) is 0.670. The first-order valence-corrected chi connectivity index (χ1v) is 7.00. The van der Waals surface area contributed by atoms with Crippen molar-refractivity contribution in [2.24, 2.45) is 0 Å². The maximum absolute atomic E-state index is 11.8. The second-order valence-corrected chi connectivity index (χ2v) is 5.45. The Morgan fingerprint density at radius 1 is 1.42 bits per heavy atom. The third-order valence-electron chi connectivity index (χ3n) is 2.72. The van der Waals surface area contributed by atoms with Crippen LogP contribution in [0.25, 0.3) is 0 Å². The Bertz CT molecular complexity index is 638. The summed E-state index contributed by atoms with van der Waals surface area (Å²) in [4.78, 5) is 19.1. The first kappa shape index (κ1) is 14.2. The Hall–Kier alpha value is -1.21. The van der Waals surface area contributed by atoms with Crippen LogP contribution in [0.3, 0.4) is 0 Å². The van der Waals surface area contributed by atoms with E-state index in [0.717, 1.165) is 5.56 Å². The first-order chi connectivity index (χ1) is 9.10. The molecule has 0 amide bonds. The molecule has 0 saturated heterocycles. The predicted molar refractivity (Wildman–Crippen MR) is 82.3 cm³/mol. The molecule has 0 aliphatic carbocycles. The highest BCUT2D eigenvalue weighted by Crippen LogP contribution is 2.10. The molecule has 2 aromatic rings. The van der Waals surface area contributed by atoms with Crippen molar-refractivity contribution < 1.29 is 4.74 Å². The van der Waals surface area contributed by atoms with Gasteiger partial charge in [0.05, 0.1) is 12.3 Å². The number of nitrogens with one attached hydrogen (secondary N) is 1. The van der Waals surface area contributed by atoms with Gasteiger partial charge in [0.25, 0.3) is 5.56 Å². The average Bonchev–Trinajstić information content (AvgIpc) is 2.35. The molecule has 1 N–H and O–H groups in total. The molecule has 0 spiro atoms. The summed E-state index contributed by atoms with van der Waals surface area (Å²) >= 11 is 2.00. The van der Waals surface area contributed by atoms with E-state index in [4.69, 9.17) is 4.74 Å². The van der Waals surface area contributed by atoms with Crippen LogP contribution in [-0.2, 0) is 17.8 Å². The fourth-order valence-electron chi connectivity index (χ4n) is 1.89. The van der Waals surface area contributed by atoms with Crippen molar-refractivity contribution >= 4 is 22.6 Å². The maximum atomic E-state index is 11.8. The number of rotatable bonds is 4. The topological polar surface area (TPSA) is 55.0 Å². The summed E-state index contributed by atoms with van der Waals surface area (Å²) in [7, 11) is 1.60. The van der Waals surface area contributed by atoms with Gasteiger partial charge >= 0.3 is 0 Å². The van der Waals surface area contributed by atoms with E-state index >= 15 is 0 Å². The number of nitrogens with zero attached hydrogens (tertiary/aromatic N) is 1. The van der Waals surface area contributed by atoms with Crippen molar-refractivity contribution in [2.45, 2.75) is 20.0 Å². The summed E-state index contributed by atoms with van der Waals surface area (Å²) in [6.07, 6.45) is 0.616. The average molecular weight is 370 g/mol. The van der Waals surface area contributed by atoms with Gasteiger partial charge in [-0.25, -0.2) is 4.98 Å². The summed E-state index contributed by atoms with van der Waals surface area (Å²) in [6, 6.07) is 8.17. The van der Waals surface area contributed by atoms with Crippen molar-refractivity contribution in [1.29, 1.82) is 0 Å². The standard InChI is InChI=1S/C14H15IN2O2/c1-9-4-3-5-10(6-9)7-12-16-11(8-19-2)13(15)14(18)17-12/h3-6H,7-8H2,1-2H3,(H,16,17,18). The number of aryl methyl sites for hydroxylation is 1. The summed E-state index contributed by atoms with van der Waals surface area (Å²) < 4.78 is 5.66. The molecule has 0 unspecified atom stereocenters. The van der Waals surface area contributed by atoms with Crippen molar-refractivity contribution in [3.8, 4) is 0 Å². The van der Waals surface area contributed by atoms with E-state index in [0.29, 0.717) is 28.1 Å². The van der Waals surface area contributed by atoms with E-state index in [1.54, 1.807) is 7.11 Å². The summed E-state index contributed by atoms with van der Waals surface area (Å²) in [5, 5.41) is 0. The lowest BCUT2D eigenvalue weighted by molar-refractivity contribution is 0.180. The monoisotopic (exact) mass is 370 g/mol. The van der Waals surface area contributed by atoms with E-state index in [2.05, 4.69) is 16.0 Å². The molecule has 0 aliphatic heterocycles. The molecule has 100 valence electrons. The second kappa shape index (κ2) is 6.29. The lowest BCUT2D eigenvalue weighted by atomic mass is 10.1. The molecule has 1 aromatic carbocycles. The molecule has 5 heteroatoms. The van der Waals surface area contributed by atoms with Gasteiger partial charge in [-0.2, -0.15) is 0 Å². The fourth-order valence-corrected chi connectivity index (χ4v) is 2.30. The number of ether oxygens (including phenoxy) is 1. The lowest BCUT2D eigenvalue weighted by Crippen LogP contribution is -2.18. The van der Waals surface area contributed by atoms with Crippen molar-refractivity contribution in [3.05, 3.63) is 60.8 Å². The van der Waals surface area contributed by atoms with E-state index < -0.39 is 0 Å². The number of hydrogen-bond acceptors (Lipinski definition) is 3. The highest BCUT2D eigenvalue weighted by Gasteiger charge is 2.09. The minimum Gasteiger partial charge on any atom is -0.378 e. The van der Waals surface area contributed by atoms with Gasteiger partial charge in [-0.15, -0.1) is 0 Å². The zero-order valence-corrected chi connectivity index (χ0v) is 13.0. The molecule has 4 nitrogen and oxygen atoms in total. The van der Waals surface area contributed by atoms with E-state index in [-0.39, 0.29) is 5.56 Å². The molecular formula is C14H15IN2O2. The highest BCUT2D eigenvalue weighted by atomic mass is 127. The molecule has 19 heavy (non-hydrogen) atoms. The van der Waals surface area contributed by atoms with Crippen LogP contribution in [0.4, 0.5) is 0 Å². The van der Waals surface area contributed by atoms with Crippen LogP contribution < -0.4 is 5.56 Å². The van der Waals surface area contributed by atoms with Gasteiger partial charge in [0.15, 0.2) is 0 Å². The number of benzene rings is 1. The van der Waals surface area contributed by atoms with Crippen LogP contribution in [0.5, 0.6) is 0 Å². The normalized spacial score (nSPS) is 10.7. The molecular weight excluding hydrogens is 355 g/mol. The van der Waals surface area contributed by atoms with Gasteiger partial charge in [-0.3, -0.25) is 4.79 Å². The predicted octanol–water partition coefficient (Wildman–Crippen LogP) is 2.42. The van der Waals surface area contributed by atoms with Crippen LogP contribution in [0.2, 0.25) is 0 Å². The largest absolute Gasteiger partial charge is 0.378 e.